The second-order valence-corrected chi connectivity index (χ2v) is 4.96. The Bertz CT molecular complexity index is 467. The Balaban J connectivity index is 2.17. The first-order chi connectivity index (χ1) is 9.13. The van der Waals surface area contributed by atoms with E-state index in [1.165, 1.54) is 5.56 Å². The lowest BCUT2D eigenvalue weighted by atomic mass is 9.92. The Morgan fingerprint density at radius 1 is 1.42 bits per heavy atom. The number of carbonyl (C=O) groups excluding carboxylic acids is 1. The highest BCUT2D eigenvalue weighted by Gasteiger charge is 2.32. The van der Waals surface area contributed by atoms with Crippen molar-refractivity contribution in [3.8, 4) is 0 Å². The molecule has 1 saturated heterocycles. The molecule has 0 amide bonds. The van der Waals surface area contributed by atoms with Crippen molar-refractivity contribution < 1.29 is 9.53 Å². The van der Waals surface area contributed by atoms with Crippen molar-refractivity contribution in [2.75, 3.05) is 13.7 Å². The first kappa shape index (κ1) is 13.7. The van der Waals surface area contributed by atoms with Gasteiger partial charge in [-0.05, 0) is 25.8 Å². The normalized spacial score (nSPS) is 24.8. The predicted octanol–water partition coefficient (Wildman–Crippen LogP) is 2.94. The van der Waals surface area contributed by atoms with Gasteiger partial charge in [0.25, 0.3) is 0 Å². The Labute approximate surface area is 114 Å². The number of carbonyl (C=O) groups is 1. The molecule has 1 fully saturated rings. The number of allylic oxidation sites excluding steroid dienone is 1. The standard InChI is InChI=1S/C16H21NO2/c1-4-19-16(18)11-14-10-15(12(2)17(14)3)13-8-6-5-7-9-13/h5-9,11-12,15H,4,10H2,1-3H3/b14-11-/t12-,15+/m0/s1. The minimum absolute atomic E-state index is 0.245. The molecule has 102 valence electrons. The highest BCUT2D eigenvalue weighted by molar-refractivity contribution is 5.82. The van der Waals surface area contributed by atoms with Crippen molar-refractivity contribution in [1.29, 1.82) is 0 Å². The lowest BCUT2D eigenvalue weighted by molar-refractivity contribution is -0.137. The molecule has 1 aliphatic heterocycles. The SMILES string of the molecule is CCOC(=O)/C=C1/C[C@@H](c2ccccc2)[C@H](C)N1C. The highest BCUT2D eigenvalue weighted by Crippen LogP contribution is 2.38. The number of likely N-dealkylation sites (N-methyl/N-ethyl adjacent to an activating group) is 1. The van der Waals surface area contributed by atoms with Crippen LogP contribution in [0.15, 0.2) is 42.1 Å². The molecule has 3 nitrogen and oxygen atoms in total. The van der Waals surface area contributed by atoms with Crippen LogP contribution in [0.5, 0.6) is 0 Å². The van der Waals surface area contributed by atoms with Gasteiger partial charge in [-0.3, -0.25) is 0 Å². The topological polar surface area (TPSA) is 29.5 Å². The first-order valence-corrected chi connectivity index (χ1v) is 6.78. The summed E-state index contributed by atoms with van der Waals surface area (Å²) in [4.78, 5) is 13.7. The van der Waals surface area contributed by atoms with E-state index >= 15 is 0 Å². The summed E-state index contributed by atoms with van der Waals surface area (Å²) in [5.41, 5.74) is 2.38. The number of benzene rings is 1. The lowest BCUT2D eigenvalue weighted by Crippen LogP contribution is -2.24. The summed E-state index contributed by atoms with van der Waals surface area (Å²) in [6, 6.07) is 10.9. The van der Waals surface area contributed by atoms with E-state index in [1.807, 2.05) is 20.0 Å². The minimum atomic E-state index is -0.245. The average Bonchev–Trinajstić information content (AvgIpc) is 2.68. The molecule has 1 aromatic rings. The fourth-order valence-electron chi connectivity index (χ4n) is 2.65. The molecule has 0 saturated carbocycles. The van der Waals surface area contributed by atoms with Gasteiger partial charge in [0.1, 0.15) is 0 Å². The maximum Gasteiger partial charge on any atom is 0.332 e. The molecule has 0 unspecified atom stereocenters. The van der Waals surface area contributed by atoms with Gasteiger partial charge in [0.2, 0.25) is 0 Å². The third kappa shape index (κ3) is 2.98. The molecule has 1 aliphatic rings. The largest absolute Gasteiger partial charge is 0.463 e. The van der Waals surface area contributed by atoms with Crippen molar-refractivity contribution >= 4 is 5.97 Å². The van der Waals surface area contributed by atoms with Gasteiger partial charge in [0.15, 0.2) is 0 Å². The lowest BCUT2D eigenvalue weighted by Gasteiger charge is -2.22. The van der Waals surface area contributed by atoms with Crippen molar-refractivity contribution in [1.82, 2.24) is 4.90 Å². The molecule has 0 aliphatic carbocycles. The van der Waals surface area contributed by atoms with Crippen LogP contribution in [0.3, 0.4) is 0 Å². The quantitative estimate of drug-likeness (QED) is 0.617. The van der Waals surface area contributed by atoms with Gasteiger partial charge in [-0.2, -0.15) is 0 Å². The van der Waals surface area contributed by atoms with Crippen molar-refractivity contribution in [3.05, 3.63) is 47.7 Å². The van der Waals surface area contributed by atoms with Gasteiger partial charge in [0.05, 0.1) is 6.61 Å². The van der Waals surface area contributed by atoms with E-state index in [1.54, 1.807) is 6.08 Å². The molecule has 0 aromatic heterocycles. The van der Waals surface area contributed by atoms with Crippen LogP contribution in [-0.4, -0.2) is 30.6 Å². The van der Waals surface area contributed by atoms with E-state index in [2.05, 4.69) is 36.1 Å². The van der Waals surface area contributed by atoms with Crippen LogP contribution in [0.4, 0.5) is 0 Å². The van der Waals surface area contributed by atoms with Crippen molar-refractivity contribution in [2.24, 2.45) is 0 Å². The number of ether oxygens (including phenoxy) is 1. The first-order valence-electron chi connectivity index (χ1n) is 6.78. The molecule has 0 N–H and O–H groups in total. The van der Waals surface area contributed by atoms with E-state index in [4.69, 9.17) is 4.74 Å². The van der Waals surface area contributed by atoms with Gasteiger partial charge in [-0.1, -0.05) is 30.3 Å². The molecule has 0 radical (unpaired) electrons. The summed E-state index contributed by atoms with van der Waals surface area (Å²) in [6.07, 6.45) is 2.52. The van der Waals surface area contributed by atoms with Crippen LogP contribution in [0.25, 0.3) is 0 Å². The maximum absolute atomic E-state index is 11.6. The zero-order chi connectivity index (χ0) is 13.8. The monoisotopic (exact) mass is 259 g/mol. The zero-order valence-corrected chi connectivity index (χ0v) is 11.8. The van der Waals surface area contributed by atoms with E-state index in [9.17, 15) is 4.79 Å². The van der Waals surface area contributed by atoms with Gasteiger partial charge in [0, 0.05) is 30.8 Å². The van der Waals surface area contributed by atoms with Crippen LogP contribution >= 0.6 is 0 Å². The van der Waals surface area contributed by atoms with Crippen molar-refractivity contribution in [2.45, 2.75) is 32.2 Å². The Hall–Kier alpha value is -1.77. The molecular weight excluding hydrogens is 238 g/mol. The number of esters is 1. The van der Waals surface area contributed by atoms with Gasteiger partial charge >= 0.3 is 5.97 Å². The summed E-state index contributed by atoms with van der Waals surface area (Å²) in [7, 11) is 2.04. The van der Waals surface area contributed by atoms with Crippen LogP contribution in [-0.2, 0) is 9.53 Å². The molecule has 2 atom stereocenters. The van der Waals surface area contributed by atoms with Crippen LogP contribution in [0.1, 0.15) is 31.7 Å². The molecular formula is C16H21NO2. The molecule has 0 bridgehead atoms. The molecule has 0 spiro atoms. The van der Waals surface area contributed by atoms with Gasteiger partial charge in [-0.15, -0.1) is 0 Å². The smallest absolute Gasteiger partial charge is 0.332 e. The number of likely N-dealkylation sites (tertiary alicyclic amines) is 1. The summed E-state index contributed by atoms with van der Waals surface area (Å²) in [5, 5.41) is 0. The second kappa shape index (κ2) is 5.91. The molecule has 2 rings (SSSR count). The van der Waals surface area contributed by atoms with Gasteiger partial charge in [-0.25, -0.2) is 4.79 Å². The van der Waals surface area contributed by atoms with E-state index in [0.717, 1.165) is 12.1 Å². The Morgan fingerprint density at radius 3 is 2.74 bits per heavy atom. The average molecular weight is 259 g/mol. The fourth-order valence-corrected chi connectivity index (χ4v) is 2.65. The van der Waals surface area contributed by atoms with Crippen LogP contribution in [0, 0.1) is 0 Å². The van der Waals surface area contributed by atoms with Crippen LogP contribution in [0.2, 0.25) is 0 Å². The number of hydrogen-bond donors (Lipinski definition) is 0. The molecule has 1 aromatic carbocycles. The summed E-state index contributed by atoms with van der Waals surface area (Å²) in [6.45, 7) is 4.44. The van der Waals surface area contributed by atoms with E-state index in [-0.39, 0.29) is 5.97 Å². The molecule has 19 heavy (non-hydrogen) atoms. The van der Waals surface area contributed by atoms with E-state index in [0.29, 0.717) is 18.6 Å². The number of rotatable bonds is 3. The number of nitrogens with zero attached hydrogens (tertiary/aromatic N) is 1. The van der Waals surface area contributed by atoms with Crippen LogP contribution < -0.4 is 0 Å². The van der Waals surface area contributed by atoms with E-state index < -0.39 is 0 Å². The summed E-state index contributed by atoms with van der Waals surface area (Å²) in [5.74, 6) is 0.192. The second-order valence-electron chi connectivity index (χ2n) is 4.96. The van der Waals surface area contributed by atoms with Crippen molar-refractivity contribution in [3.63, 3.8) is 0 Å². The molecule has 3 heteroatoms. The minimum Gasteiger partial charge on any atom is -0.463 e. The third-order valence-corrected chi connectivity index (χ3v) is 3.87. The summed E-state index contributed by atoms with van der Waals surface area (Å²) >= 11 is 0. The molecule has 1 heterocycles. The summed E-state index contributed by atoms with van der Waals surface area (Å²) < 4.78 is 4.99. The fraction of sp³-hybridized carbons (Fsp3) is 0.438. The third-order valence-electron chi connectivity index (χ3n) is 3.87. The predicted molar refractivity (Wildman–Crippen MR) is 75.7 cm³/mol. The highest BCUT2D eigenvalue weighted by atomic mass is 16.5. The number of hydrogen-bond acceptors (Lipinski definition) is 3. The zero-order valence-electron chi connectivity index (χ0n) is 11.8. The maximum atomic E-state index is 11.6. The Kier molecular flexibility index (Phi) is 4.25. The Morgan fingerprint density at radius 2 is 2.11 bits per heavy atom. The van der Waals surface area contributed by atoms with Gasteiger partial charge < -0.3 is 9.64 Å².